The van der Waals surface area contributed by atoms with E-state index in [0.717, 1.165) is 24.6 Å². The highest BCUT2D eigenvalue weighted by Gasteiger charge is 2.35. The quantitative estimate of drug-likeness (QED) is 0.562. The lowest BCUT2D eigenvalue weighted by molar-refractivity contribution is -0.384. The van der Waals surface area contributed by atoms with E-state index in [1.54, 1.807) is 20.8 Å². The minimum atomic E-state index is -3.98. The van der Waals surface area contributed by atoms with Gasteiger partial charge in [-0.3, -0.25) is 10.1 Å². The molecule has 1 saturated heterocycles. The van der Waals surface area contributed by atoms with Gasteiger partial charge in [0.05, 0.1) is 9.95 Å². The molecule has 1 aliphatic heterocycles. The fourth-order valence-electron chi connectivity index (χ4n) is 2.95. The monoisotopic (exact) mass is 433 g/mol. The predicted molar refractivity (Wildman–Crippen MR) is 104 cm³/mol. The molecule has 0 saturated carbocycles. The number of nitro groups is 1. The van der Waals surface area contributed by atoms with E-state index in [2.05, 4.69) is 5.32 Å². The largest absolute Gasteiger partial charge is 0.444 e. The first-order chi connectivity index (χ1) is 12.9. The molecule has 1 N–H and O–H groups in total. The Morgan fingerprint density at radius 2 is 2.07 bits per heavy atom. The maximum atomic E-state index is 13.1. The lowest BCUT2D eigenvalue weighted by atomic mass is 10.1. The highest BCUT2D eigenvalue weighted by molar-refractivity contribution is 7.89. The van der Waals surface area contributed by atoms with Crippen LogP contribution in [-0.4, -0.2) is 48.5 Å². The summed E-state index contributed by atoms with van der Waals surface area (Å²) in [5.41, 5.74) is -0.944. The van der Waals surface area contributed by atoms with Crippen LogP contribution in [0.15, 0.2) is 23.1 Å². The average molecular weight is 434 g/mol. The van der Waals surface area contributed by atoms with Crippen molar-refractivity contribution in [1.82, 2.24) is 9.62 Å². The van der Waals surface area contributed by atoms with E-state index < -0.39 is 32.7 Å². The number of nitrogens with one attached hydrogen (secondary N) is 1. The van der Waals surface area contributed by atoms with Crippen molar-refractivity contribution in [3.05, 3.63) is 33.3 Å². The number of benzene rings is 1. The Morgan fingerprint density at radius 3 is 2.64 bits per heavy atom. The normalized spacial score (nSPS) is 18.5. The first-order valence-corrected chi connectivity index (χ1v) is 10.7. The predicted octanol–water partition coefficient (Wildman–Crippen LogP) is 3.32. The Hall–Kier alpha value is -1.91. The molecule has 1 aliphatic rings. The lowest BCUT2D eigenvalue weighted by Crippen LogP contribution is -2.49. The number of hydrogen-bond acceptors (Lipinski definition) is 6. The minimum Gasteiger partial charge on any atom is -0.444 e. The summed E-state index contributed by atoms with van der Waals surface area (Å²) < 4.78 is 32.7. The number of nitro benzene ring substituents is 1. The highest BCUT2D eigenvalue weighted by Crippen LogP contribution is 2.31. The molecule has 0 bridgehead atoms. The van der Waals surface area contributed by atoms with Gasteiger partial charge in [-0.05, 0) is 39.7 Å². The molecule has 2 rings (SSSR count). The van der Waals surface area contributed by atoms with Crippen LogP contribution >= 0.6 is 11.6 Å². The molecular weight excluding hydrogens is 410 g/mol. The first kappa shape index (κ1) is 22.4. The molecule has 1 aromatic rings. The van der Waals surface area contributed by atoms with E-state index in [9.17, 15) is 23.3 Å². The number of rotatable bonds is 5. The minimum absolute atomic E-state index is 0.0960. The molecule has 0 aromatic heterocycles. The van der Waals surface area contributed by atoms with Crippen LogP contribution in [0, 0.1) is 10.1 Å². The third kappa shape index (κ3) is 5.55. The summed E-state index contributed by atoms with van der Waals surface area (Å²) in [6, 6.07) is 2.81. The van der Waals surface area contributed by atoms with Crippen LogP contribution in [0.2, 0.25) is 5.02 Å². The number of hydrogen-bond donors (Lipinski definition) is 1. The van der Waals surface area contributed by atoms with E-state index >= 15 is 0 Å². The average Bonchev–Trinajstić information content (AvgIpc) is 2.58. The molecule has 1 unspecified atom stereocenters. The third-order valence-corrected chi connectivity index (χ3v) is 6.60. The smallest absolute Gasteiger partial charge is 0.407 e. The van der Waals surface area contributed by atoms with Gasteiger partial charge in [-0.15, -0.1) is 0 Å². The maximum Gasteiger partial charge on any atom is 0.407 e. The number of ether oxygens (including phenoxy) is 1. The maximum absolute atomic E-state index is 13.1. The lowest BCUT2D eigenvalue weighted by Gasteiger charge is -2.35. The topological polar surface area (TPSA) is 119 Å². The van der Waals surface area contributed by atoms with Gasteiger partial charge in [0, 0.05) is 31.3 Å². The van der Waals surface area contributed by atoms with Gasteiger partial charge in [-0.2, -0.15) is 4.31 Å². The summed E-state index contributed by atoms with van der Waals surface area (Å²) in [4.78, 5) is 21.9. The molecule has 0 spiro atoms. The SMILES string of the molecule is CC(C)(C)OC(=O)NCC1CCCCN1S(=O)(=O)c1ccc([N+](=O)[O-])cc1Cl. The number of sulfonamides is 1. The number of carbonyl (C=O) groups excluding carboxylic acids is 1. The highest BCUT2D eigenvalue weighted by atomic mass is 35.5. The van der Waals surface area contributed by atoms with Crippen LogP contribution in [0.4, 0.5) is 10.5 Å². The van der Waals surface area contributed by atoms with Gasteiger partial charge in [0.25, 0.3) is 5.69 Å². The van der Waals surface area contributed by atoms with Crippen LogP contribution in [0.5, 0.6) is 0 Å². The fourth-order valence-corrected chi connectivity index (χ4v) is 5.16. The molecule has 156 valence electrons. The molecular formula is C17H24ClN3O6S. The summed E-state index contributed by atoms with van der Waals surface area (Å²) in [5.74, 6) is 0. The Balaban J connectivity index is 2.20. The van der Waals surface area contributed by atoms with Crippen LogP contribution in [0.3, 0.4) is 0 Å². The second-order valence-electron chi connectivity index (χ2n) is 7.52. The summed E-state index contributed by atoms with van der Waals surface area (Å²) in [5, 5.41) is 13.3. The van der Waals surface area contributed by atoms with Crippen molar-refractivity contribution in [2.24, 2.45) is 0 Å². The van der Waals surface area contributed by atoms with Crippen molar-refractivity contribution >= 4 is 33.4 Å². The van der Waals surface area contributed by atoms with Crippen molar-refractivity contribution in [3.63, 3.8) is 0 Å². The zero-order valence-electron chi connectivity index (χ0n) is 16.0. The molecule has 28 heavy (non-hydrogen) atoms. The van der Waals surface area contributed by atoms with Crippen molar-refractivity contribution in [1.29, 1.82) is 0 Å². The van der Waals surface area contributed by atoms with Crippen molar-refractivity contribution in [2.45, 2.75) is 56.6 Å². The number of nitrogens with zero attached hydrogens (tertiary/aromatic N) is 2. The Morgan fingerprint density at radius 1 is 1.39 bits per heavy atom. The second-order valence-corrected chi connectivity index (χ2v) is 9.79. The van der Waals surface area contributed by atoms with E-state index in [1.165, 1.54) is 4.31 Å². The van der Waals surface area contributed by atoms with Gasteiger partial charge in [0.1, 0.15) is 10.5 Å². The van der Waals surface area contributed by atoms with E-state index in [1.807, 2.05) is 0 Å². The standard InChI is InChI=1S/C17H24ClN3O6S/c1-17(2,3)27-16(22)19-11-13-6-4-5-9-20(13)28(25,26)15-8-7-12(21(23)24)10-14(15)18/h7-8,10,13H,4-6,9,11H2,1-3H3,(H,19,22). The van der Waals surface area contributed by atoms with E-state index in [0.29, 0.717) is 12.8 Å². The van der Waals surface area contributed by atoms with Crippen molar-refractivity contribution < 1.29 is 22.9 Å². The molecule has 9 nitrogen and oxygen atoms in total. The van der Waals surface area contributed by atoms with E-state index in [-0.39, 0.29) is 28.7 Å². The Kier molecular flexibility index (Phi) is 6.89. The molecule has 0 radical (unpaired) electrons. The van der Waals surface area contributed by atoms with Crippen LogP contribution < -0.4 is 5.32 Å². The van der Waals surface area contributed by atoms with Gasteiger partial charge >= 0.3 is 6.09 Å². The van der Waals surface area contributed by atoms with Gasteiger partial charge in [-0.25, -0.2) is 13.2 Å². The van der Waals surface area contributed by atoms with Gasteiger partial charge in [-0.1, -0.05) is 18.0 Å². The summed E-state index contributed by atoms with van der Waals surface area (Å²) >= 11 is 6.03. The van der Waals surface area contributed by atoms with Gasteiger partial charge in [0.2, 0.25) is 10.0 Å². The zero-order chi connectivity index (χ0) is 21.1. The number of amides is 1. The Bertz CT molecular complexity index is 853. The molecule has 1 atom stereocenters. The molecule has 11 heteroatoms. The summed E-state index contributed by atoms with van der Waals surface area (Å²) in [6.45, 7) is 5.58. The third-order valence-electron chi connectivity index (χ3n) is 4.17. The summed E-state index contributed by atoms with van der Waals surface area (Å²) in [7, 11) is -3.98. The zero-order valence-corrected chi connectivity index (χ0v) is 17.5. The van der Waals surface area contributed by atoms with Crippen LogP contribution in [-0.2, 0) is 14.8 Å². The van der Waals surface area contributed by atoms with E-state index in [4.69, 9.17) is 16.3 Å². The van der Waals surface area contributed by atoms with Gasteiger partial charge < -0.3 is 10.1 Å². The molecule has 1 heterocycles. The summed E-state index contributed by atoms with van der Waals surface area (Å²) in [6.07, 6.45) is 1.44. The van der Waals surface area contributed by atoms with Gasteiger partial charge in [0.15, 0.2) is 0 Å². The molecule has 1 amide bonds. The molecule has 1 fully saturated rings. The Labute approximate surface area is 169 Å². The van der Waals surface area contributed by atoms with Crippen molar-refractivity contribution in [2.75, 3.05) is 13.1 Å². The number of carbonyl (C=O) groups is 1. The molecule has 1 aromatic carbocycles. The number of halogens is 1. The van der Waals surface area contributed by atoms with Crippen molar-refractivity contribution in [3.8, 4) is 0 Å². The van der Waals surface area contributed by atoms with Crippen LogP contribution in [0.1, 0.15) is 40.0 Å². The number of alkyl carbamates (subject to hydrolysis) is 1. The first-order valence-electron chi connectivity index (χ1n) is 8.84. The number of non-ortho nitro benzene ring substituents is 1. The second kappa shape index (κ2) is 8.62. The van der Waals surface area contributed by atoms with Crippen LogP contribution in [0.25, 0.3) is 0 Å². The fraction of sp³-hybridized carbons (Fsp3) is 0.588. The molecule has 0 aliphatic carbocycles. The number of piperidine rings is 1.